The van der Waals surface area contributed by atoms with E-state index in [-0.39, 0.29) is 75.0 Å². The Morgan fingerprint density at radius 3 is 1.89 bits per heavy atom. The Hall–Kier alpha value is -6.66. The molecule has 16 nitrogen and oxygen atoms in total. The number of hydrogen-bond donors (Lipinski definition) is 6. The fraction of sp³-hybridized carbons (Fsp3) is 0.111. The Labute approximate surface area is 309 Å². The summed E-state index contributed by atoms with van der Waals surface area (Å²) in [4.78, 5) is 50.4. The number of hydrogen-bond acceptors (Lipinski definition) is 18. The third kappa shape index (κ3) is 8.19. The quantitative estimate of drug-likeness (QED) is 0.0351. The van der Waals surface area contributed by atoms with E-state index in [0.717, 1.165) is 30.3 Å². The third-order valence-electron chi connectivity index (χ3n) is 7.40. The van der Waals surface area contributed by atoms with Gasteiger partial charge in [0.2, 0.25) is 16.6 Å². The maximum Gasteiger partial charge on any atom is 0.514 e. The molecular weight excluding hydrogens is 753 g/mol. The van der Waals surface area contributed by atoms with Crippen LogP contribution in [-0.2, 0) is 9.47 Å². The number of ether oxygens (including phenoxy) is 4. The molecule has 0 aliphatic carbocycles. The monoisotopic (exact) mass is 778 g/mol. The molecule has 0 aliphatic rings. The van der Waals surface area contributed by atoms with Gasteiger partial charge in [0.25, 0.3) is 0 Å². The van der Waals surface area contributed by atoms with Crippen molar-refractivity contribution in [1.82, 2.24) is 0 Å². The molecule has 18 heteroatoms. The Kier molecular flexibility index (Phi) is 10.9. The zero-order chi connectivity index (χ0) is 38.5. The SMILES string of the molecule is O=C(OCCSSCCOC(=O)Oc1cc(O)cc2occ(-c3ccc(O)cc3)c(=O)c12)Oc1ccc(-c2oc3cc(O)cc(O)c3c(=O)c2O)cc1O. The molecule has 0 aliphatic heterocycles. The molecule has 54 heavy (non-hydrogen) atoms. The lowest BCUT2D eigenvalue weighted by atomic mass is 10.0. The van der Waals surface area contributed by atoms with Crippen LogP contribution in [0.3, 0.4) is 0 Å². The van der Waals surface area contributed by atoms with Gasteiger partial charge in [-0.1, -0.05) is 33.7 Å². The number of aromatic hydroxyl groups is 6. The normalized spacial score (nSPS) is 11.0. The summed E-state index contributed by atoms with van der Waals surface area (Å²) in [6.45, 7) is -0.183. The summed E-state index contributed by atoms with van der Waals surface area (Å²) in [7, 11) is 2.56. The second kappa shape index (κ2) is 15.9. The van der Waals surface area contributed by atoms with Crippen molar-refractivity contribution in [2.45, 2.75) is 0 Å². The van der Waals surface area contributed by atoms with Gasteiger partial charge in [-0.15, -0.1) is 0 Å². The first kappa shape index (κ1) is 37.1. The van der Waals surface area contributed by atoms with Gasteiger partial charge in [-0.25, -0.2) is 9.59 Å². The van der Waals surface area contributed by atoms with Crippen molar-refractivity contribution in [3.63, 3.8) is 0 Å². The minimum Gasteiger partial charge on any atom is -0.508 e. The van der Waals surface area contributed by atoms with Crippen LogP contribution in [0.4, 0.5) is 9.59 Å². The van der Waals surface area contributed by atoms with Gasteiger partial charge >= 0.3 is 12.3 Å². The summed E-state index contributed by atoms with van der Waals surface area (Å²) in [6.07, 6.45) is -1.08. The Bertz CT molecular complexity index is 2510. The molecule has 0 spiro atoms. The summed E-state index contributed by atoms with van der Waals surface area (Å²) in [6, 6.07) is 13.6. The zero-order valence-corrected chi connectivity index (χ0v) is 29.0. The number of phenolic OH excluding ortho intramolecular Hbond substituents is 5. The molecule has 0 fully saturated rings. The number of benzene rings is 4. The zero-order valence-electron chi connectivity index (χ0n) is 27.3. The molecule has 2 aromatic heterocycles. The van der Waals surface area contributed by atoms with Crippen molar-refractivity contribution in [3.8, 4) is 68.4 Å². The van der Waals surface area contributed by atoms with E-state index in [1.54, 1.807) is 0 Å². The highest BCUT2D eigenvalue weighted by Gasteiger charge is 2.21. The molecule has 0 bridgehead atoms. The van der Waals surface area contributed by atoms with Crippen LogP contribution in [0.15, 0.2) is 91.4 Å². The summed E-state index contributed by atoms with van der Waals surface area (Å²) in [5, 5.41) is 59.6. The number of phenols is 5. The average molecular weight is 779 g/mol. The van der Waals surface area contributed by atoms with Crippen LogP contribution in [-0.4, -0.2) is 67.7 Å². The van der Waals surface area contributed by atoms with Crippen molar-refractivity contribution in [1.29, 1.82) is 0 Å². The minimum absolute atomic E-state index is 0.00335. The first-order valence-corrected chi connectivity index (χ1v) is 17.9. The highest BCUT2D eigenvalue weighted by atomic mass is 33.1. The summed E-state index contributed by atoms with van der Waals surface area (Å²) < 4.78 is 31.3. The number of rotatable bonds is 11. The van der Waals surface area contributed by atoms with E-state index in [0.29, 0.717) is 17.1 Å². The molecule has 0 unspecified atom stereocenters. The maximum atomic E-state index is 13.3. The second-order valence-corrected chi connectivity index (χ2v) is 13.7. The van der Waals surface area contributed by atoms with Gasteiger partial charge < -0.3 is 58.4 Å². The molecule has 0 atom stereocenters. The predicted octanol–water partition coefficient (Wildman–Crippen LogP) is 6.58. The van der Waals surface area contributed by atoms with Crippen LogP contribution in [0, 0.1) is 0 Å². The van der Waals surface area contributed by atoms with Gasteiger partial charge in [-0.3, -0.25) is 9.59 Å². The first-order valence-electron chi connectivity index (χ1n) is 15.5. The summed E-state index contributed by atoms with van der Waals surface area (Å²) >= 11 is 0. The van der Waals surface area contributed by atoms with Gasteiger partial charge in [0.1, 0.15) is 64.4 Å². The molecule has 6 rings (SSSR count). The first-order chi connectivity index (χ1) is 25.9. The second-order valence-electron chi connectivity index (χ2n) is 11.0. The van der Waals surface area contributed by atoms with Gasteiger partial charge in [0.15, 0.2) is 23.0 Å². The molecule has 0 saturated carbocycles. The van der Waals surface area contributed by atoms with E-state index in [9.17, 15) is 49.8 Å². The molecule has 0 saturated heterocycles. The number of carbonyl (C=O) groups is 2. The minimum atomic E-state index is -1.14. The molecular formula is C36H26O16S2. The molecule has 6 N–H and O–H groups in total. The molecule has 2 heterocycles. The highest BCUT2D eigenvalue weighted by molar-refractivity contribution is 8.76. The number of fused-ring (bicyclic) bond motifs is 2. The molecule has 4 aromatic carbocycles. The average Bonchev–Trinajstić information content (AvgIpc) is 3.12. The third-order valence-corrected chi connectivity index (χ3v) is 9.74. The van der Waals surface area contributed by atoms with Crippen LogP contribution < -0.4 is 20.3 Å². The smallest absolute Gasteiger partial charge is 0.508 e. The predicted molar refractivity (Wildman–Crippen MR) is 195 cm³/mol. The largest absolute Gasteiger partial charge is 0.514 e. The standard InChI is InChI=1S/C36H26O16S2/c37-19-4-1-17(2-5-19)22-16-49-26-13-21(39)15-28(30(26)31(22)42)52-36(46)48-8-10-54-53-9-7-47-35(45)51-25-6-3-18(11-23(25)40)34-33(44)32(43)29-24(41)12-20(38)14-27(29)50-34/h1-6,11-16,37-41,44H,7-10H2. The topological polar surface area (TPSA) is 253 Å². The van der Waals surface area contributed by atoms with E-state index in [4.69, 9.17) is 27.8 Å². The lowest BCUT2D eigenvalue weighted by Crippen LogP contribution is -2.14. The fourth-order valence-electron chi connectivity index (χ4n) is 5.01. The van der Waals surface area contributed by atoms with Crippen molar-refractivity contribution in [2.75, 3.05) is 24.7 Å². The van der Waals surface area contributed by atoms with Crippen LogP contribution >= 0.6 is 21.6 Å². The van der Waals surface area contributed by atoms with Gasteiger partial charge in [0, 0.05) is 41.3 Å². The lowest BCUT2D eigenvalue weighted by Gasteiger charge is -2.10. The highest BCUT2D eigenvalue weighted by Crippen LogP contribution is 2.38. The van der Waals surface area contributed by atoms with Gasteiger partial charge in [-0.05, 0) is 35.9 Å². The Balaban J connectivity index is 0.942. The van der Waals surface area contributed by atoms with Crippen molar-refractivity contribution in [3.05, 3.63) is 93.4 Å². The Morgan fingerprint density at radius 2 is 1.22 bits per heavy atom. The molecule has 0 radical (unpaired) electrons. The van der Waals surface area contributed by atoms with Crippen LogP contribution in [0.5, 0.6) is 46.0 Å². The van der Waals surface area contributed by atoms with Crippen LogP contribution in [0.25, 0.3) is 44.4 Å². The van der Waals surface area contributed by atoms with Crippen LogP contribution in [0.1, 0.15) is 0 Å². The van der Waals surface area contributed by atoms with E-state index in [1.165, 1.54) is 64.2 Å². The number of carbonyl (C=O) groups excluding carboxylic acids is 2. The van der Waals surface area contributed by atoms with Crippen molar-refractivity contribution in [2.24, 2.45) is 0 Å². The molecule has 278 valence electrons. The summed E-state index contributed by atoms with van der Waals surface area (Å²) in [5.74, 6) is -3.09. The lowest BCUT2D eigenvalue weighted by molar-refractivity contribution is 0.103. The van der Waals surface area contributed by atoms with E-state index in [2.05, 4.69) is 0 Å². The van der Waals surface area contributed by atoms with Crippen molar-refractivity contribution < 1.29 is 68.0 Å². The molecule has 6 aromatic rings. The van der Waals surface area contributed by atoms with E-state index >= 15 is 0 Å². The summed E-state index contributed by atoms with van der Waals surface area (Å²) in [5.41, 5.74) is -1.18. The van der Waals surface area contributed by atoms with Crippen molar-refractivity contribution >= 4 is 55.8 Å². The fourth-order valence-corrected chi connectivity index (χ4v) is 6.67. The van der Waals surface area contributed by atoms with E-state index < -0.39 is 46.2 Å². The van der Waals surface area contributed by atoms with Gasteiger partial charge in [0.05, 0.1) is 5.56 Å². The van der Waals surface area contributed by atoms with Gasteiger partial charge in [-0.2, -0.15) is 0 Å². The Morgan fingerprint density at radius 1 is 0.611 bits per heavy atom. The van der Waals surface area contributed by atoms with Crippen LogP contribution in [0.2, 0.25) is 0 Å². The maximum absolute atomic E-state index is 13.3. The van der Waals surface area contributed by atoms with E-state index in [1.807, 2.05) is 0 Å². The molecule has 0 amide bonds.